The summed E-state index contributed by atoms with van der Waals surface area (Å²) < 4.78 is 20.3. The molecular formula is C20H20FN3O2. The summed E-state index contributed by atoms with van der Waals surface area (Å²) in [6.45, 7) is 5.58. The maximum atomic E-state index is 12.9. The zero-order chi connectivity index (χ0) is 18.7. The minimum absolute atomic E-state index is 0.284. The summed E-state index contributed by atoms with van der Waals surface area (Å²) in [4.78, 5) is 12.3. The van der Waals surface area contributed by atoms with Crippen molar-refractivity contribution in [3.05, 3.63) is 71.8 Å². The highest BCUT2D eigenvalue weighted by molar-refractivity contribution is 5.94. The first-order valence-corrected chi connectivity index (χ1v) is 8.29. The molecule has 0 radical (unpaired) electrons. The Kier molecular flexibility index (Phi) is 5.02. The number of carbonyl (C=O) groups excluding carboxylic acids is 1. The van der Waals surface area contributed by atoms with E-state index in [-0.39, 0.29) is 11.7 Å². The van der Waals surface area contributed by atoms with Crippen LogP contribution in [0.1, 0.15) is 18.3 Å². The van der Waals surface area contributed by atoms with Crippen molar-refractivity contribution in [2.75, 3.05) is 5.32 Å². The smallest absolute Gasteiger partial charge is 0.265 e. The van der Waals surface area contributed by atoms with E-state index in [1.54, 1.807) is 6.92 Å². The fraction of sp³-hybridized carbons (Fsp3) is 0.200. The molecule has 1 unspecified atom stereocenters. The van der Waals surface area contributed by atoms with Crippen LogP contribution in [0.25, 0.3) is 5.69 Å². The summed E-state index contributed by atoms with van der Waals surface area (Å²) in [5, 5.41) is 7.24. The predicted octanol–water partition coefficient (Wildman–Crippen LogP) is 4.03. The summed E-state index contributed by atoms with van der Waals surface area (Å²) >= 11 is 0. The van der Waals surface area contributed by atoms with E-state index in [0.717, 1.165) is 17.1 Å². The fourth-order valence-corrected chi connectivity index (χ4v) is 2.59. The molecule has 0 aliphatic heterocycles. The van der Waals surface area contributed by atoms with E-state index < -0.39 is 6.10 Å². The van der Waals surface area contributed by atoms with E-state index in [1.807, 2.05) is 48.9 Å². The standard InChI is InChI=1S/C20H20FN3O2/c1-13-12-14(2)24(23-13)18-8-6-17(7-9-18)22-20(25)15(3)26-19-10-4-16(21)5-11-19/h4-12,15H,1-3H3,(H,22,25). The van der Waals surface area contributed by atoms with Crippen LogP contribution in [-0.2, 0) is 4.79 Å². The SMILES string of the molecule is Cc1cc(C)n(-c2ccc(NC(=O)C(C)Oc3ccc(F)cc3)cc2)n1. The van der Waals surface area contributed by atoms with Crippen LogP contribution in [-0.4, -0.2) is 21.8 Å². The average Bonchev–Trinajstić information content (AvgIpc) is 2.96. The fourth-order valence-electron chi connectivity index (χ4n) is 2.59. The number of hydrogen-bond acceptors (Lipinski definition) is 3. The minimum Gasteiger partial charge on any atom is -0.481 e. The van der Waals surface area contributed by atoms with Crippen LogP contribution in [0.15, 0.2) is 54.6 Å². The van der Waals surface area contributed by atoms with Gasteiger partial charge in [0.05, 0.1) is 11.4 Å². The van der Waals surface area contributed by atoms with Gasteiger partial charge in [0.15, 0.2) is 6.10 Å². The van der Waals surface area contributed by atoms with E-state index in [2.05, 4.69) is 10.4 Å². The van der Waals surface area contributed by atoms with E-state index >= 15 is 0 Å². The van der Waals surface area contributed by atoms with Crippen LogP contribution >= 0.6 is 0 Å². The molecule has 26 heavy (non-hydrogen) atoms. The molecule has 0 spiro atoms. The van der Waals surface area contributed by atoms with Crippen molar-refractivity contribution in [2.45, 2.75) is 26.9 Å². The Hall–Kier alpha value is -3.15. The Morgan fingerprint density at radius 1 is 1.12 bits per heavy atom. The van der Waals surface area contributed by atoms with Gasteiger partial charge in [0, 0.05) is 11.4 Å². The number of aromatic nitrogens is 2. The second-order valence-electron chi connectivity index (χ2n) is 6.09. The number of amides is 1. The van der Waals surface area contributed by atoms with Gasteiger partial charge in [-0.25, -0.2) is 9.07 Å². The molecule has 1 heterocycles. The van der Waals surface area contributed by atoms with Crippen molar-refractivity contribution in [2.24, 2.45) is 0 Å². The molecule has 3 aromatic rings. The molecule has 0 fully saturated rings. The number of hydrogen-bond donors (Lipinski definition) is 1. The van der Waals surface area contributed by atoms with Gasteiger partial charge in [-0.1, -0.05) is 0 Å². The van der Waals surface area contributed by atoms with Gasteiger partial charge in [-0.3, -0.25) is 4.79 Å². The molecule has 1 amide bonds. The summed E-state index contributed by atoms with van der Waals surface area (Å²) in [6, 6.07) is 15.0. The molecule has 3 rings (SSSR count). The number of nitrogens with zero attached hydrogens (tertiary/aromatic N) is 2. The van der Waals surface area contributed by atoms with Crippen molar-refractivity contribution < 1.29 is 13.9 Å². The average molecular weight is 353 g/mol. The third-order valence-electron chi connectivity index (χ3n) is 3.88. The monoisotopic (exact) mass is 353 g/mol. The Morgan fingerprint density at radius 3 is 2.35 bits per heavy atom. The Morgan fingerprint density at radius 2 is 1.77 bits per heavy atom. The molecule has 6 heteroatoms. The number of carbonyl (C=O) groups is 1. The minimum atomic E-state index is -0.712. The topological polar surface area (TPSA) is 56.2 Å². The number of rotatable bonds is 5. The van der Waals surface area contributed by atoms with Crippen molar-refractivity contribution >= 4 is 11.6 Å². The summed E-state index contributed by atoms with van der Waals surface area (Å²) in [5.41, 5.74) is 3.58. The van der Waals surface area contributed by atoms with Gasteiger partial charge in [0.25, 0.3) is 5.91 Å². The predicted molar refractivity (Wildman–Crippen MR) is 98.2 cm³/mol. The molecule has 0 saturated carbocycles. The third-order valence-corrected chi connectivity index (χ3v) is 3.88. The quantitative estimate of drug-likeness (QED) is 0.753. The second-order valence-corrected chi connectivity index (χ2v) is 6.09. The Labute approximate surface area is 151 Å². The lowest BCUT2D eigenvalue weighted by atomic mass is 10.2. The molecule has 0 saturated heterocycles. The van der Waals surface area contributed by atoms with Crippen LogP contribution in [0.3, 0.4) is 0 Å². The zero-order valence-corrected chi connectivity index (χ0v) is 14.9. The van der Waals surface area contributed by atoms with Crippen LogP contribution in [0.4, 0.5) is 10.1 Å². The summed E-state index contributed by atoms with van der Waals surface area (Å²) in [6.07, 6.45) is -0.712. The lowest BCUT2D eigenvalue weighted by Gasteiger charge is -2.15. The maximum Gasteiger partial charge on any atom is 0.265 e. The molecule has 5 nitrogen and oxygen atoms in total. The lowest BCUT2D eigenvalue weighted by molar-refractivity contribution is -0.122. The van der Waals surface area contributed by atoms with Crippen LogP contribution in [0.2, 0.25) is 0 Å². The Bertz CT molecular complexity index is 902. The van der Waals surface area contributed by atoms with Gasteiger partial charge in [-0.15, -0.1) is 0 Å². The van der Waals surface area contributed by atoms with Crippen LogP contribution < -0.4 is 10.1 Å². The molecule has 1 atom stereocenters. The van der Waals surface area contributed by atoms with Crippen molar-refractivity contribution in [3.8, 4) is 11.4 Å². The van der Waals surface area contributed by atoms with E-state index in [9.17, 15) is 9.18 Å². The first-order chi connectivity index (χ1) is 12.4. The van der Waals surface area contributed by atoms with Crippen molar-refractivity contribution in [3.63, 3.8) is 0 Å². The summed E-state index contributed by atoms with van der Waals surface area (Å²) in [7, 11) is 0. The van der Waals surface area contributed by atoms with Crippen LogP contribution in [0, 0.1) is 19.7 Å². The van der Waals surface area contributed by atoms with Gasteiger partial charge in [0.1, 0.15) is 11.6 Å². The van der Waals surface area contributed by atoms with E-state index in [0.29, 0.717) is 11.4 Å². The molecule has 2 aromatic carbocycles. The van der Waals surface area contributed by atoms with Gasteiger partial charge < -0.3 is 10.1 Å². The van der Waals surface area contributed by atoms with E-state index in [4.69, 9.17) is 4.74 Å². The van der Waals surface area contributed by atoms with Gasteiger partial charge in [0.2, 0.25) is 0 Å². The molecule has 134 valence electrons. The first-order valence-electron chi connectivity index (χ1n) is 8.29. The molecule has 0 aliphatic carbocycles. The number of halogens is 1. The zero-order valence-electron chi connectivity index (χ0n) is 14.9. The van der Waals surface area contributed by atoms with Crippen molar-refractivity contribution in [1.29, 1.82) is 0 Å². The van der Waals surface area contributed by atoms with Gasteiger partial charge in [-0.2, -0.15) is 5.10 Å². The third kappa shape index (κ3) is 4.08. The highest BCUT2D eigenvalue weighted by atomic mass is 19.1. The number of aryl methyl sites for hydroxylation is 2. The molecule has 1 N–H and O–H groups in total. The second kappa shape index (κ2) is 7.39. The lowest BCUT2D eigenvalue weighted by Crippen LogP contribution is -2.30. The maximum absolute atomic E-state index is 12.9. The van der Waals surface area contributed by atoms with E-state index in [1.165, 1.54) is 24.3 Å². The number of ether oxygens (including phenoxy) is 1. The number of nitrogens with one attached hydrogen (secondary N) is 1. The molecule has 1 aromatic heterocycles. The molecule has 0 bridgehead atoms. The largest absolute Gasteiger partial charge is 0.481 e. The van der Waals surface area contributed by atoms with Crippen LogP contribution in [0.5, 0.6) is 5.75 Å². The number of benzene rings is 2. The first kappa shape index (κ1) is 17.7. The van der Waals surface area contributed by atoms with Gasteiger partial charge in [-0.05, 0) is 75.4 Å². The Balaban J connectivity index is 1.63. The highest BCUT2D eigenvalue weighted by Crippen LogP contribution is 2.17. The molecule has 0 aliphatic rings. The number of anilines is 1. The van der Waals surface area contributed by atoms with Crippen molar-refractivity contribution in [1.82, 2.24) is 9.78 Å². The molecular weight excluding hydrogens is 333 g/mol. The van der Waals surface area contributed by atoms with Gasteiger partial charge >= 0.3 is 0 Å². The highest BCUT2D eigenvalue weighted by Gasteiger charge is 2.15. The normalized spacial score (nSPS) is 11.8. The summed E-state index contributed by atoms with van der Waals surface area (Å²) in [5.74, 6) is -0.195.